The highest BCUT2D eigenvalue weighted by Gasteiger charge is 2.11. The van der Waals surface area contributed by atoms with Gasteiger partial charge in [0.05, 0.1) is 0 Å². The number of aromatic carboxylic acids is 1. The van der Waals surface area contributed by atoms with E-state index >= 15 is 0 Å². The fourth-order valence-corrected chi connectivity index (χ4v) is 1.77. The molecule has 0 saturated heterocycles. The smallest absolute Gasteiger partial charge is 0.356 e. The third kappa shape index (κ3) is 1.68. The van der Waals surface area contributed by atoms with E-state index in [-0.39, 0.29) is 11.4 Å². The molecule has 0 unspecified atom stereocenters. The number of fused-ring (bicyclic) bond motifs is 1. The van der Waals surface area contributed by atoms with Crippen LogP contribution in [0, 0.1) is 6.92 Å². The maximum Gasteiger partial charge on any atom is 0.356 e. The molecule has 3 aromatic heterocycles. The van der Waals surface area contributed by atoms with Gasteiger partial charge in [-0.25, -0.2) is 29.1 Å². The van der Waals surface area contributed by atoms with Gasteiger partial charge in [-0.15, -0.1) is 0 Å². The maximum absolute atomic E-state index is 11.4. The number of aromatic amines is 1. The number of carbonyl (C=O) groups is 1. The van der Waals surface area contributed by atoms with E-state index in [2.05, 4.69) is 20.2 Å². The molecule has 0 aliphatic rings. The number of nitrogens with one attached hydrogen (secondary N) is 1. The van der Waals surface area contributed by atoms with Gasteiger partial charge >= 0.3 is 11.7 Å². The summed E-state index contributed by atoms with van der Waals surface area (Å²) in [6.07, 6.45) is 2.68. The fraction of sp³-hybridized carbons (Fsp3) is 0.100. The molecular weight excluding hydrogens is 252 g/mol. The Kier molecular flexibility index (Phi) is 2.21. The average Bonchev–Trinajstić information content (AvgIpc) is 2.96. The number of imidazole rings is 1. The van der Waals surface area contributed by atoms with Gasteiger partial charge in [-0.3, -0.25) is 4.57 Å². The van der Waals surface area contributed by atoms with Crippen molar-refractivity contribution in [1.82, 2.24) is 29.1 Å². The Labute approximate surface area is 105 Å². The summed E-state index contributed by atoms with van der Waals surface area (Å²) in [4.78, 5) is 30.2. The minimum Gasteiger partial charge on any atom is -0.476 e. The van der Waals surface area contributed by atoms with Gasteiger partial charge in [0, 0.05) is 12.3 Å². The monoisotopic (exact) mass is 260 g/mol. The van der Waals surface area contributed by atoms with E-state index in [0.29, 0.717) is 17.3 Å². The molecule has 3 rings (SSSR count). The van der Waals surface area contributed by atoms with Gasteiger partial charge in [0.1, 0.15) is 18.0 Å². The molecule has 0 aliphatic heterocycles. The Bertz CT molecular complexity index is 842. The summed E-state index contributed by atoms with van der Waals surface area (Å²) in [5, 5.41) is 15.0. The standard InChI is InChI=1S/C10H8N6O3/c1-5-12-7(2-8-13-14-10(19)16(5)8)15-3-6(9(17)18)11-4-15/h2-4H,1H3,(H,14,19)(H,17,18). The minimum absolute atomic E-state index is 0.0845. The molecule has 2 N–H and O–H groups in total. The zero-order chi connectivity index (χ0) is 13.6. The third-order valence-electron chi connectivity index (χ3n) is 2.62. The van der Waals surface area contributed by atoms with Crippen LogP contribution in [0.1, 0.15) is 16.3 Å². The number of aromatic nitrogens is 6. The zero-order valence-corrected chi connectivity index (χ0v) is 9.73. The molecule has 9 nitrogen and oxygen atoms in total. The van der Waals surface area contributed by atoms with E-state index in [1.807, 2.05) is 0 Å². The van der Waals surface area contributed by atoms with Gasteiger partial charge in [-0.05, 0) is 6.92 Å². The summed E-state index contributed by atoms with van der Waals surface area (Å²) in [6.45, 7) is 1.66. The average molecular weight is 260 g/mol. The highest BCUT2D eigenvalue weighted by Crippen LogP contribution is 2.09. The lowest BCUT2D eigenvalue weighted by Gasteiger charge is -2.03. The van der Waals surface area contributed by atoms with E-state index in [0.717, 1.165) is 0 Å². The van der Waals surface area contributed by atoms with Crippen molar-refractivity contribution < 1.29 is 9.90 Å². The number of rotatable bonds is 2. The van der Waals surface area contributed by atoms with Crippen molar-refractivity contribution in [1.29, 1.82) is 0 Å². The first-order chi connectivity index (χ1) is 9.06. The molecule has 0 bridgehead atoms. The van der Waals surface area contributed by atoms with Crippen LogP contribution in [0.3, 0.4) is 0 Å². The van der Waals surface area contributed by atoms with Crippen molar-refractivity contribution in [2.24, 2.45) is 0 Å². The van der Waals surface area contributed by atoms with Crippen molar-refractivity contribution in [2.75, 3.05) is 0 Å². The molecule has 0 spiro atoms. The van der Waals surface area contributed by atoms with Gasteiger partial charge in [-0.1, -0.05) is 0 Å². The van der Waals surface area contributed by atoms with Gasteiger partial charge in [0.15, 0.2) is 11.3 Å². The number of hydrogen-bond acceptors (Lipinski definition) is 5. The molecule has 96 valence electrons. The van der Waals surface area contributed by atoms with Crippen molar-refractivity contribution in [3.63, 3.8) is 0 Å². The van der Waals surface area contributed by atoms with Gasteiger partial charge in [-0.2, -0.15) is 5.10 Å². The number of nitrogens with zero attached hydrogens (tertiary/aromatic N) is 5. The minimum atomic E-state index is -1.12. The summed E-state index contributed by atoms with van der Waals surface area (Å²) in [7, 11) is 0. The summed E-state index contributed by atoms with van der Waals surface area (Å²) >= 11 is 0. The van der Waals surface area contributed by atoms with Crippen LogP contribution >= 0.6 is 0 Å². The second kappa shape index (κ2) is 3.77. The largest absolute Gasteiger partial charge is 0.476 e. The van der Waals surface area contributed by atoms with Crippen molar-refractivity contribution in [3.05, 3.63) is 40.6 Å². The van der Waals surface area contributed by atoms with Gasteiger partial charge in [0.2, 0.25) is 0 Å². The quantitative estimate of drug-likeness (QED) is 0.647. The molecule has 0 aromatic carbocycles. The Morgan fingerprint density at radius 1 is 1.47 bits per heavy atom. The Morgan fingerprint density at radius 2 is 2.26 bits per heavy atom. The van der Waals surface area contributed by atoms with Crippen LogP contribution in [0.25, 0.3) is 11.5 Å². The molecule has 0 amide bonds. The molecule has 0 aliphatic carbocycles. The number of H-pyrrole nitrogens is 1. The molecule has 0 fully saturated rings. The van der Waals surface area contributed by atoms with Crippen LogP contribution in [0.5, 0.6) is 0 Å². The summed E-state index contributed by atoms with van der Waals surface area (Å²) in [5.41, 5.74) is -0.0553. The molecule has 9 heteroatoms. The summed E-state index contributed by atoms with van der Waals surface area (Å²) in [6, 6.07) is 1.55. The summed E-state index contributed by atoms with van der Waals surface area (Å²) < 4.78 is 2.77. The lowest BCUT2D eigenvalue weighted by molar-refractivity contribution is 0.0691. The first kappa shape index (κ1) is 11.1. The first-order valence-electron chi connectivity index (χ1n) is 5.28. The third-order valence-corrected chi connectivity index (χ3v) is 2.62. The first-order valence-corrected chi connectivity index (χ1v) is 5.28. The Balaban J connectivity index is 2.19. The number of aryl methyl sites for hydroxylation is 1. The van der Waals surface area contributed by atoms with Gasteiger partial charge < -0.3 is 5.11 Å². The van der Waals surface area contributed by atoms with E-state index in [1.54, 1.807) is 13.0 Å². The molecule has 19 heavy (non-hydrogen) atoms. The lowest BCUT2D eigenvalue weighted by atomic mass is 10.4. The molecule has 0 atom stereocenters. The van der Waals surface area contributed by atoms with Crippen molar-refractivity contribution in [3.8, 4) is 5.82 Å². The number of carboxylic acids is 1. The highest BCUT2D eigenvalue weighted by molar-refractivity contribution is 5.85. The van der Waals surface area contributed by atoms with Crippen molar-refractivity contribution >= 4 is 11.6 Å². The number of hydrogen-bond donors (Lipinski definition) is 2. The Hall–Kier alpha value is -2.97. The lowest BCUT2D eigenvalue weighted by Crippen LogP contribution is -2.14. The van der Waals surface area contributed by atoms with E-state index in [4.69, 9.17) is 5.11 Å². The van der Waals surface area contributed by atoms with E-state index < -0.39 is 5.97 Å². The second-order valence-electron chi connectivity index (χ2n) is 3.86. The molecule has 0 saturated carbocycles. The van der Waals surface area contributed by atoms with Crippen LogP contribution < -0.4 is 5.69 Å². The normalized spacial score (nSPS) is 11.0. The summed E-state index contributed by atoms with van der Waals surface area (Å²) in [5.74, 6) is -0.242. The highest BCUT2D eigenvalue weighted by atomic mass is 16.4. The molecular formula is C10H8N6O3. The van der Waals surface area contributed by atoms with Crippen LogP contribution in [0.2, 0.25) is 0 Å². The SMILES string of the molecule is Cc1nc(-n2cnc(C(=O)O)c2)cc2n[nH]c(=O)n12. The van der Waals surface area contributed by atoms with E-state index in [1.165, 1.54) is 21.5 Å². The van der Waals surface area contributed by atoms with Crippen LogP contribution in [-0.4, -0.2) is 40.2 Å². The number of carboxylic acid groups (broad SMARTS) is 1. The maximum atomic E-state index is 11.4. The second-order valence-corrected chi connectivity index (χ2v) is 3.86. The predicted molar refractivity (Wildman–Crippen MR) is 62.4 cm³/mol. The van der Waals surface area contributed by atoms with Crippen LogP contribution in [0.15, 0.2) is 23.4 Å². The van der Waals surface area contributed by atoms with Crippen LogP contribution in [-0.2, 0) is 0 Å². The zero-order valence-electron chi connectivity index (χ0n) is 9.73. The topological polar surface area (TPSA) is 118 Å². The van der Waals surface area contributed by atoms with Gasteiger partial charge in [0.25, 0.3) is 0 Å². The van der Waals surface area contributed by atoms with E-state index in [9.17, 15) is 9.59 Å². The molecule has 0 radical (unpaired) electrons. The van der Waals surface area contributed by atoms with Crippen LogP contribution in [0.4, 0.5) is 0 Å². The molecule has 3 aromatic rings. The van der Waals surface area contributed by atoms with Crippen molar-refractivity contribution in [2.45, 2.75) is 6.92 Å². The molecule has 3 heterocycles. The predicted octanol–water partition coefficient (Wildman–Crippen LogP) is -0.390. The fourth-order valence-electron chi connectivity index (χ4n) is 1.77. The Morgan fingerprint density at radius 3 is 2.95 bits per heavy atom.